The summed E-state index contributed by atoms with van der Waals surface area (Å²) >= 11 is 3.32. The molecule has 0 aliphatic carbocycles. The van der Waals surface area contributed by atoms with Crippen molar-refractivity contribution in [3.05, 3.63) is 58.1 Å². The van der Waals surface area contributed by atoms with E-state index in [0.717, 1.165) is 28.8 Å². The Morgan fingerprint density at radius 2 is 2.05 bits per heavy atom. The first kappa shape index (κ1) is 13.5. The van der Waals surface area contributed by atoms with E-state index in [-0.39, 0.29) is 6.10 Å². The number of aromatic hydroxyl groups is 1. The minimum Gasteiger partial charge on any atom is -0.506 e. The largest absolute Gasteiger partial charge is 0.506 e. The van der Waals surface area contributed by atoms with Crippen molar-refractivity contribution in [3.63, 3.8) is 0 Å². The first-order chi connectivity index (χ1) is 9.74. The molecule has 104 valence electrons. The summed E-state index contributed by atoms with van der Waals surface area (Å²) in [6.07, 6.45) is 1.11. The Balaban J connectivity index is 1.53. The smallest absolute Gasteiger partial charge is 0.134 e. The van der Waals surface area contributed by atoms with Crippen molar-refractivity contribution in [3.8, 4) is 11.5 Å². The maximum absolute atomic E-state index is 9.91. The van der Waals surface area contributed by atoms with Gasteiger partial charge in [-0.15, -0.1) is 0 Å². The summed E-state index contributed by atoms with van der Waals surface area (Å²) in [6.45, 7) is 1.39. The number of halogens is 1. The number of para-hydroxylation sites is 2. The van der Waals surface area contributed by atoms with Gasteiger partial charge in [0.2, 0.25) is 0 Å². The molecule has 0 amide bonds. The normalized spacial score (nSPS) is 16.8. The molecule has 0 saturated heterocycles. The average molecular weight is 334 g/mol. The van der Waals surface area contributed by atoms with Crippen molar-refractivity contribution < 1.29 is 9.84 Å². The van der Waals surface area contributed by atoms with Crippen molar-refractivity contribution in [2.45, 2.75) is 19.1 Å². The van der Waals surface area contributed by atoms with Crippen molar-refractivity contribution in [1.29, 1.82) is 0 Å². The van der Waals surface area contributed by atoms with Crippen LogP contribution in [-0.2, 0) is 13.0 Å². The van der Waals surface area contributed by atoms with Crippen LogP contribution in [0.1, 0.15) is 11.1 Å². The van der Waals surface area contributed by atoms with Gasteiger partial charge in [0.05, 0.1) is 4.47 Å². The van der Waals surface area contributed by atoms with Crippen LogP contribution in [0.5, 0.6) is 11.5 Å². The fourth-order valence-corrected chi connectivity index (χ4v) is 2.85. The molecule has 0 aromatic heterocycles. The van der Waals surface area contributed by atoms with Gasteiger partial charge in [-0.3, -0.25) is 0 Å². The number of phenolic OH excluding ortho intramolecular Hbond substituents is 1. The van der Waals surface area contributed by atoms with Crippen LogP contribution in [0.2, 0.25) is 0 Å². The minimum atomic E-state index is 0.168. The molecule has 0 spiro atoms. The number of phenols is 1. The Bertz CT molecular complexity index is 590. The second-order valence-electron chi connectivity index (χ2n) is 4.93. The van der Waals surface area contributed by atoms with Crippen LogP contribution in [0, 0.1) is 0 Å². The maximum Gasteiger partial charge on any atom is 0.134 e. The van der Waals surface area contributed by atoms with E-state index in [9.17, 15) is 5.11 Å². The molecule has 3 rings (SSSR count). The number of rotatable bonds is 4. The van der Waals surface area contributed by atoms with Crippen molar-refractivity contribution in [2.75, 3.05) is 6.54 Å². The lowest BCUT2D eigenvalue weighted by Crippen LogP contribution is -2.29. The molecular weight excluding hydrogens is 318 g/mol. The highest BCUT2D eigenvalue weighted by molar-refractivity contribution is 9.10. The van der Waals surface area contributed by atoms with Crippen LogP contribution in [-0.4, -0.2) is 17.8 Å². The van der Waals surface area contributed by atoms with Gasteiger partial charge in [-0.1, -0.05) is 30.3 Å². The first-order valence-electron chi connectivity index (χ1n) is 6.65. The van der Waals surface area contributed by atoms with Gasteiger partial charge in [-0.2, -0.15) is 0 Å². The quantitative estimate of drug-likeness (QED) is 0.902. The highest BCUT2D eigenvalue weighted by Crippen LogP contribution is 2.29. The molecule has 1 unspecified atom stereocenters. The molecule has 2 aromatic rings. The number of benzene rings is 2. The molecule has 3 nitrogen and oxygen atoms in total. The summed E-state index contributed by atoms with van der Waals surface area (Å²) in [7, 11) is 0. The predicted molar refractivity (Wildman–Crippen MR) is 82.1 cm³/mol. The Labute approximate surface area is 126 Å². The Morgan fingerprint density at radius 3 is 2.90 bits per heavy atom. The van der Waals surface area contributed by atoms with E-state index in [1.54, 1.807) is 0 Å². The maximum atomic E-state index is 9.91. The third-order valence-electron chi connectivity index (χ3n) is 3.47. The second kappa shape index (κ2) is 5.85. The van der Waals surface area contributed by atoms with E-state index < -0.39 is 0 Å². The summed E-state index contributed by atoms with van der Waals surface area (Å²) in [5, 5.41) is 13.3. The topological polar surface area (TPSA) is 41.5 Å². The summed E-state index contributed by atoms with van der Waals surface area (Å²) in [4.78, 5) is 0. The molecule has 0 fully saturated rings. The minimum absolute atomic E-state index is 0.168. The van der Waals surface area contributed by atoms with Crippen LogP contribution < -0.4 is 10.1 Å². The van der Waals surface area contributed by atoms with Gasteiger partial charge in [0.1, 0.15) is 17.6 Å². The van der Waals surface area contributed by atoms with Gasteiger partial charge in [0, 0.05) is 25.1 Å². The van der Waals surface area contributed by atoms with Crippen LogP contribution in [0.3, 0.4) is 0 Å². The van der Waals surface area contributed by atoms with Gasteiger partial charge in [0.25, 0.3) is 0 Å². The summed E-state index contributed by atoms with van der Waals surface area (Å²) < 4.78 is 6.59. The lowest BCUT2D eigenvalue weighted by Gasteiger charge is -2.13. The molecular formula is C16H16BrNO2. The average Bonchev–Trinajstić information content (AvgIpc) is 2.86. The van der Waals surface area contributed by atoms with E-state index in [0.29, 0.717) is 12.3 Å². The molecule has 20 heavy (non-hydrogen) atoms. The van der Waals surface area contributed by atoms with Gasteiger partial charge in [-0.05, 0) is 33.6 Å². The lowest BCUT2D eigenvalue weighted by molar-refractivity contribution is 0.227. The Kier molecular flexibility index (Phi) is 3.94. The summed E-state index contributed by atoms with van der Waals surface area (Å²) in [5.74, 6) is 1.29. The van der Waals surface area contributed by atoms with Crippen molar-refractivity contribution in [1.82, 2.24) is 5.32 Å². The second-order valence-corrected chi connectivity index (χ2v) is 5.78. The van der Waals surface area contributed by atoms with E-state index in [2.05, 4.69) is 27.3 Å². The zero-order valence-electron chi connectivity index (χ0n) is 11.0. The summed E-state index contributed by atoms with van der Waals surface area (Å²) in [5.41, 5.74) is 2.15. The molecule has 1 aliphatic rings. The fourth-order valence-electron chi connectivity index (χ4n) is 2.44. The van der Waals surface area contributed by atoms with Gasteiger partial charge in [0.15, 0.2) is 0 Å². The summed E-state index contributed by atoms with van der Waals surface area (Å²) in [6, 6.07) is 13.8. The molecule has 2 N–H and O–H groups in total. The molecule has 1 aliphatic heterocycles. The molecule has 1 atom stereocenters. The monoisotopic (exact) mass is 333 g/mol. The van der Waals surface area contributed by atoms with Crippen molar-refractivity contribution in [2.24, 2.45) is 0 Å². The number of fused-ring (bicyclic) bond motifs is 1. The highest BCUT2D eigenvalue weighted by atomic mass is 79.9. The number of nitrogens with one attached hydrogen (secondary N) is 1. The number of hydrogen-bond acceptors (Lipinski definition) is 3. The molecule has 1 heterocycles. The SMILES string of the molecule is Oc1c(Br)cccc1CNCC1Cc2ccccc2O1. The van der Waals surface area contributed by atoms with E-state index >= 15 is 0 Å². The van der Waals surface area contributed by atoms with Crippen molar-refractivity contribution >= 4 is 15.9 Å². The molecule has 0 bridgehead atoms. The third kappa shape index (κ3) is 2.81. The van der Waals surface area contributed by atoms with Crippen LogP contribution in [0.4, 0.5) is 0 Å². The highest BCUT2D eigenvalue weighted by Gasteiger charge is 2.21. The number of ether oxygens (including phenoxy) is 1. The zero-order valence-corrected chi connectivity index (χ0v) is 12.6. The molecule has 4 heteroatoms. The van der Waals surface area contributed by atoms with E-state index in [4.69, 9.17) is 4.74 Å². The predicted octanol–water partition coefficient (Wildman–Crippen LogP) is 3.25. The first-order valence-corrected chi connectivity index (χ1v) is 7.45. The fraction of sp³-hybridized carbons (Fsp3) is 0.250. The van der Waals surface area contributed by atoms with Gasteiger partial charge >= 0.3 is 0 Å². The zero-order chi connectivity index (χ0) is 13.9. The Hall–Kier alpha value is -1.52. The van der Waals surface area contributed by atoms with Gasteiger partial charge < -0.3 is 15.2 Å². The molecule has 0 radical (unpaired) electrons. The molecule has 0 saturated carbocycles. The van der Waals surface area contributed by atoms with E-state index in [1.165, 1.54) is 5.56 Å². The molecule has 2 aromatic carbocycles. The van der Waals surface area contributed by atoms with Crippen LogP contribution in [0.25, 0.3) is 0 Å². The lowest BCUT2D eigenvalue weighted by atomic mass is 10.1. The van der Waals surface area contributed by atoms with Crippen LogP contribution >= 0.6 is 15.9 Å². The number of hydrogen-bond donors (Lipinski definition) is 2. The van der Waals surface area contributed by atoms with Crippen LogP contribution in [0.15, 0.2) is 46.9 Å². The Morgan fingerprint density at radius 1 is 1.20 bits per heavy atom. The third-order valence-corrected chi connectivity index (χ3v) is 4.11. The van der Waals surface area contributed by atoms with Gasteiger partial charge in [-0.25, -0.2) is 0 Å². The van der Waals surface area contributed by atoms with E-state index in [1.807, 2.05) is 36.4 Å². The standard InChI is InChI=1S/C16H16BrNO2/c17-14-6-3-5-12(16(14)19)9-18-10-13-8-11-4-1-2-7-15(11)20-13/h1-7,13,18-19H,8-10H2.